The van der Waals surface area contributed by atoms with E-state index in [9.17, 15) is 0 Å². The maximum absolute atomic E-state index is 5.68. The first kappa shape index (κ1) is 18.1. The van der Waals surface area contributed by atoms with E-state index in [2.05, 4.69) is 54.3 Å². The molecule has 7 nitrogen and oxygen atoms in total. The van der Waals surface area contributed by atoms with Crippen molar-refractivity contribution in [3.05, 3.63) is 78.1 Å². The van der Waals surface area contributed by atoms with Gasteiger partial charge in [-0.2, -0.15) is 0 Å². The van der Waals surface area contributed by atoms with Crippen molar-refractivity contribution in [3.63, 3.8) is 0 Å². The Hall–Kier alpha value is -3.32. The SMILES string of the molecule is NCCc1nc(NCc2nncn2CCc2ccccc2)c2ccccc2n1. The van der Waals surface area contributed by atoms with Gasteiger partial charge in [-0.1, -0.05) is 42.5 Å². The molecule has 0 saturated heterocycles. The van der Waals surface area contributed by atoms with Crippen LogP contribution in [0.3, 0.4) is 0 Å². The molecule has 3 N–H and O–H groups in total. The minimum atomic E-state index is 0.519. The van der Waals surface area contributed by atoms with Gasteiger partial charge in [0, 0.05) is 18.4 Å². The number of hydrogen-bond acceptors (Lipinski definition) is 6. The molecule has 0 atom stereocenters. The Balaban J connectivity index is 1.50. The molecule has 0 bridgehead atoms. The number of aryl methyl sites for hydroxylation is 2. The largest absolute Gasteiger partial charge is 0.362 e. The summed E-state index contributed by atoms with van der Waals surface area (Å²) in [5, 5.41) is 12.7. The molecule has 4 aromatic rings. The van der Waals surface area contributed by atoms with E-state index in [1.807, 2.05) is 30.3 Å². The van der Waals surface area contributed by atoms with Crippen molar-refractivity contribution >= 4 is 16.7 Å². The summed E-state index contributed by atoms with van der Waals surface area (Å²) >= 11 is 0. The van der Waals surface area contributed by atoms with Crippen LogP contribution in [0.2, 0.25) is 0 Å². The van der Waals surface area contributed by atoms with Crippen molar-refractivity contribution in [1.29, 1.82) is 0 Å². The molecule has 0 aliphatic rings. The summed E-state index contributed by atoms with van der Waals surface area (Å²) in [5.74, 6) is 2.42. The van der Waals surface area contributed by atoms with Gasteiger partial charge in [0.25, 0.3) is 0 Å². The Morgan fingerprint density at radius 1 is 0.929 bits per heavy atom. The van der Waals surface area contributed by atoms with Crippen molar-refractivity contribution in [3.8, 4) is 0 Å². The highest BCUT2D eigenvalue weighted by molar-refractivity contribution is 5.88. The second-order valence-electron chi connectivity index (χ2n) is 6.57. The minimum Gasteiger partial charge on any atom is -0.362 e. The van der Waals surface area contributed by atoms with Gasteiger partial charge in [-0.15, -0.1) is 10.2 Å². The van der Waals surface area contributed by atoms with Gasteiger partial charge in [0.15, 0.2) is 5.82 Å². The van der Waals surface area contributed by atoms with Crippen molar-refractivity contribution in [1.82, 2.24) is 24.7 Å². The fraction of sp³-hybridized carbons (Fsp3) is 0.238. The maximum atomic E-state index is 5.68. The third-order valence-electron chi connectivity index (χ3n) is 4.61. The number of hydrogen-bond donors (Lipinski definition) is 2. The van der Waals surface area contributed by atoms with E-state index in [1.54, 1.807) is 6.33 Å². The van der Waals surface area contributed by atoms with Crippen LogP contribution in [0, 0.1) is 0 Å². The molecule has 0 radical (unpaired) electrons. The Labute approximate surface area is 163 Å². The number of nitrogens with zero attached hydrogens (tertiary/aromatic N) is 5. The van der Waals surface area contributed by atoms with Gasteiger partial charge in [0.1, 0.15) is 18.0 Å². The van der Waals surface area contributed by atoms with E-state index in [-0.39, 0.29) is 0 Å². The van der Waals surface area contributed by atoms with Gasteiger partial charge < -0.3 is 15.6 Å². The van der Waals surface area contributed by atoms with Crippen LogP contribution in [0.25, 0.3) is 10.9 Å². The third-order valence-corrected chi connectivity index (χ3v) is 4.61. The minimum absolute atomic E-state index is 0.519. The van der Waals surface area contributed by atoms with Gasteiger partial charge in [0.05, 0.1) is 12.1 Å². The molecule has 0 saturated carbocycles. The molecule has 142 valence electrons. The molecular formula is C21H23N7. The summed E-state index contributed by atoms with van der Waals surface area (Å²) in [4.78, 5) is 9.24. The van der Waals surface area contributed by atoms with Crippen LogP contribution in [-0.2, 0) is 25.9 Å². The molecule has 7 heteroatoms. The number of aromatic nitrogens is 5. The summed E-state index contributed by atoms with van der Waals surface area (Å²) in [6.07, 6.45) is 3.35. The van der Waals surface area contributed by atoms with Crippen molar-refractivity contribution < 1.29 is 0 Å². The normalized spacial score (nSPS) is 11.0. The summed E-state index contributed by atoms with van der Waals surface area (Å²) in [6.45, 7) is 1.89. The summed E-state index contributed by atoms with van der Waals surface area (Å²) in [6, 6.07) is 18.4. The highest BCUT2D eigenvalue weighted by Crippen LogP contribution is 2.20. The van der Waals surface area contributed by atoms with Crippen LogP contribution in [0.5, 0.6) is 0 Å². The first-order valence-corrected chi connectivity index (χ1v) is 9.43. The number of para-hydroxylation sites is 1. The van der Waals surface area contributed by atoms with Gasteiger partial charge >= 0.3 is 0 Å². The Bertz CT molecular complexity index is 1040. The molecule has 2 heterocycles. The molecule has 4 rings (SSSR count). The lowest BCUT2D eigenvalue weighted by Gasteiger charge is -2.11. The Morgan fingerprint density at radius 2 is 1.75 bits per heavy atom. The summed E-state index contributed by atoms with van der Waals surface area (Å²) in [7, 11) is 0. The second kappa shape index (κ2) is 8.58. The Kier molecular flexibility index (Phi) is 5.53. The van der Waals surface area contributed by atoms with Crippen LogP contribution < -0.4 is 11.1 Å². The fourth-order valence-electron chi connectivity index (χ4n) is 3.16. The van der Waals surface area contributed by atoms with Crippen molar-refractivity contribution in [2.24, 2.45) is 5.73 Å². The van der Waals surface area contributed by atoms with E-state index in [0.29, 0.717) is 19.5 Å². The number of benzene rings is 2. The number of anilines is 1. The molecule has 0 unspecified atom stereocenters. The molecule has 0 aliphatic carbocycles. The number of nitrogens with two attached hydrogens (primary N) is 1. The fourth-order valence-corrected chi connectivity index (χ4v) is 3.16. The molecular weight excluding hydrogens is 350 g/mol. The zero-order valence-electron chi connectivity index (χ0n) is 15.6. The van der Waals surface area contributed by atoms with Gasteiger partial charge in [-0.05, 0) is 30.7 Å². The van der Waals surface area contributed by atoms with E-state index in [1.165, 1.54) is 5.56 Å². The average Bonchev–Trinajstić information content (AvgIpc) is 3.19. The highest BCUT2D eigenvalue weighted by Gasteiger charge is 2.09. The maximum Gasteiger partial charge on any atom is 0.152 e. The number of rotatable bonds is 8. The predicted octanol–water partition coefficient (Wildman–Crippen LogP) is 2.58. The second-order valence-corrected chi connectivity index (χ2v) is 6.57. The standard InChI is InChI=1S/C21H23N7/c22-12-10-19-25-18-9-5-4-8-17(18)21(26-19)23-14-20-27-24-15-28(20)13-11-16-6-2-1-3-7-16/h1-9,15H,10-14,22H2,(H,23,25,26). The quantitative estimate of drug-likeness (QED) is 0.493. The number of fused-ring (bicyclic) bond motifs is 1. The lowest BCUT2D eigenvalue weighted by molar-refractivity contribution is 0.657. The van der Waals surface area contributed by atoms with Crippen molar-refractivity contribution in [2.75, 3.05) is 11.9 Å². The lowest BCUT2D eigenvalue weighted by Crippen LogP contribution is -2.13. The first-order chi connectivity index (χ1) is 13.8. The molecule has 0 spiro atoms. The molecule has 2 aromatic heterocycles. The van der Waals surface area contributed by atoms with Crippen LogP contribution in [-0.4, -0.2) is 31.3 Å². The van der Waals surface area contributed by atoms with Crippen LogP contribution in [0.4, 0.5) is 5.82 Å². The zero-order chi connectivity index (χ0) is 19.2. The first-order valence-electron chi connectivity index (χ1n) is 9.43. The summed E-state index contributed by atoms with van der Waals surface area (Å²) < 4.78 is 2.07. The average molecular weight is 373 g/mol. The predicted molar refractivity (Wildman–Crippen MR) is 110 cm³/mol. The topological polar surface area (TPSA) is 94.5 Å². The molecule has 2 aromatic carbocycles. The molecule has 28 heavy (non-hydrogen) atoms. The van der Waals surface area contributed by atoms with Crippen LogP contribution in [0.1, 0.15) is 17.2 Å². The van der Waals surface area contributed by atoms with Crippen molar-refractivity contribution in [2.45, 2.75) is 25.9 Å². The molecule has 0 fully saturated rings. The van der Waals surface area contributed by atoms with Gasteiger partial charge in [0.2, 0.25) is 0 Å². The lowest BCUT2D eigenvalue weighted by atomic mass is 10.1. The van der Waals surface area contributed by atoms with Crippen LogP contribution in [0.15, 0.2) is 60.9 Å². The van der Waals surface area contributed by atoms with E-state index >= 15 is 0 Å². The Morgan fingerprint density at radius 3 is 2.61 bits per heavy atom. The van der Waals surface area contributed by atoms with Gasteiger partial charge in [-0.25, -0.2) is 9.97 Å². The monoisotopic (exact) mass is 373 g/mol. The number of nitrogens with one attached hydrogen (secondary N) is 1. The highest BCUT2D eigenvalue weighted by atomic mass is 15.3. The smallest absolute Gasteiger partial charge is 0.152 e. The third kappa shape index (κ3) is 4.15. The van der Waals surface area contributed by atoms with Gasteiger partial charge in [-0.3, -0.25) is 0 Å². The molecule has 0 aliphatic heterocycles. The van der Waals surface area contributed by atoms with Crippen LogP contribution >= 0.6 is 0 Å². The van der Waals surface area contributed by atoms with E-state index < -0.39 is 0 Å². The zero-order valence-corrected chi connectivity index (χ0v) is 15.6. The van der Waals surface area contributed by atoms with E-state index in [0.717, 1.165) is 41.3 Å². The van der Waals surface area contributed by atoms with E-state index in [4.69, 9.17) is 5.73 Å². The summed E-state index contributed by atoms with van der Waals surface area (Å²) in [5.41, 5.74) is 7.89. The molecule has 0 amide bonds.